The second-order valence-electron chi connectivity index (χ2n) is 4.05. The molecule has 3 aromatic rings. The van der Waals surface area contributed by atoms with Gasteiger partial charge in [0, 0.05) is 12.1 Å². The average molecular weight is 307 g/mol. The van der Waals surface area contributed by atoms with Crippen molar-refractivity contribution < 1.29 is 9.47 Å². The second kappa shape index (κ2) is 5.26. The third-order valence-corrected chi connectivity index (χ3v) is 4.13. The fraction of sp³-hybridized carbons (Fsp3) is 0.143. The topological polar surface area (TPSA) is 44.2 Å². The molecule has 0 saturated carbocycles. The van der Waals surface area contributed by atoms with Crippen molar-refractivity contribution in [1.82, 2.24) is 9.97 Å². The molecule has 0 saturated heterocycles. The van der Waals surface area contributed by atoms with Crippen LogP contribution in [-0.2, 0) is 0 Å². The summed E-state index contributed by atoms with van der Waals surface area (Å²) in [5.41, 5.74) is 2.31. The molecule has 2 heterocycles. The minimum Gasteiger partial charge on any atom is -0.493 e. The van der Waals surface area contributed by atoms with Gasteiger partial charge in [0.2, 0.25) is 0 Å². The first-order chi connectivity index (χ1) is 9.71. The zero-order chi connectivity index (χ0) is 14.1. The molecule has 4 nitrogen and oxygen atoms in total. The number of fused-ring (bicyclic) bond motifs is 1. The second-order valence-corrected chi connectivity index (χ2v) is 5.77. The van der Waals surface area contributed by atoms with Crippen LogP contribution < -0.4 is 9.47 Å². The predicted octanol–water partition coefficient (Wildman–Crippen LogP) is 4.03. The molecule has 0 atom stereocenters. The molecular weight excluding hydrogens is 296 g/mol. The lowest BCUT2D eigenvalue weighted by atomic mass is 10.2. The summed E-state index contributed by atoms with van der Waals surface area (Å²) in [5, 5.41) is 0. The van der Waals surface area contributed by atoms with E-state index in [-0.39, 0.29) is 0 Å². The quantitative estimate of drug-likeness (QED) is 0.733. The normalized spacial score (nSPS) is 10.8. The number of methoxy groups -OCH3 is 2. The number of aromatic nitrogens is 2. The number of nitrogens with zero attached hydrogens (tertiary/aromatic N) is 2. The summed E-state index contributed by atoms with van der Waals surface area (Å²) in [7, 11) is 3.19. The molecule has 0 aliphatic carbocycles. The lowest BCUT2D eigenvalue weighted by Gasteiger charge is -2.08. The fourth-order valence-corrected chi connectivity index (χ4v) is 2.91. The third kappa shape index (κ3) is 2.30. The standard InChI is InChI=1S/C14H11ClN2O2S/c1-18-11-5-8-9(6-12(11)19-2)17-10(7-16-8)13-3-4-14(15)20-13/h3-7H,1-2H3. The van der Waals surface area contributed by atoms with E-state index in [0.717, 1.165) is 25.9 Å². The lowest BCUT2D eigenvalue weighted by molar-refractivity contribution is 0.355. The van der Waals surface area contributed by atoms with Gasteiger partial charge in [0.1, 0.15) is 0 Å². The maximum absolute atomic E-state index is 5.95. The maximum atomic E-state index is 5.95. The van der Waals surface area contributed by atoms with E-state index < -0.39 is 0 Å². The summed E-state index contributed by atoms with van der Waals surface area (Å²) >= 11 is 7.42. The summed E-state index contributed by atoms with van der Waals surface area (Å²) in [6.45, 7) is 0. The Morgan fingerprint density at radius 2 is 1.75 bits per heavy atom. The van der Waals surface area contributed by atoms with Gasteiger partial charge in [-0.25, -0.2) is 4.98 Å². The van der Waals surface area contributed by atoms with E-state index >= 15 is 0 Å². The Morgan fingerprint density at radius 1 is 1.05 bits per heavy atom. The van der Waals surface area contributed by atoms with Gasteiger partial charge in [-0.2, -0.15) is 0 Å². The highest BCUT2D eigenvalue weighted by Gasteiger charge is 2.10. The van der Waals surface area contributed by atoms with Gasteiger partial charge in [0.05, 0.1) is 46.4 Å². The molecule has 2 aromatic heterocycles. The zero-order valence-corrected chi connectivity index (χ0v) is 12.5. The summed E-state index contributed by atoms with van der Waals surface area (Å²) in [5.74, 6) is 1.27. The molecule has 0 N–H and O–H groups in total. The SMILES string of the molecule is COc1cc2ncc(-c3ccc(Cl)s3)nc2cc1OC. The number of ether oxygens (including phenoxy) is 2. The highest BCUT2D eigenvalue weighted by atomic mass is 35.5. The van der Waals surface area contributed by atoms with E-state index in [1.807, 2.05) is 24.3 Å². The summed E-state index contributed by atoms with van der Waals surface area (Å²) in [4.78, 5) is 10.00. The van der Waals surface area contributed by atoms with Gasteiger partial charge in [-0.15, -0.1) is 11.3 Å². The fourth-order valence-electron chi connectivity index (χ4n) is 1.91. The highest BCUT2D eigenvalue weighted by molar-refractivity contribution is 7.19. The number of benzene rings is 1. The molecule has 3 rings (SSSR count). The van der Waals surface area contributed by atoms with Crippen molar-refractivity contribution in [2.45, 2.75) is 0 Å². The molecule has 6 heteroatoms. The summed E-state index contributed by atoms with van der Waals surface area (Å²) in [6, 6.07) is 7.41. The summed E-state index contributed by atoms with van der Waals surface area (Å²) in [6.07, 6.45) is 1.73. The predicted molar refractivity (Wildman–Crippen MR) is 81.0 cm³/mol. The van der Waals surface area contributed by atoms with Gasteiger partial charge in [-0.3, -0.25) is 4.98 Å². The van der Waals surface area contributed by atoms with Crippen LogP contribution in [-0.4, -0.2) is 24.2 Å². The van der Waals surface area contributed by atoms with Crippen molar-refractivity contribution in [3.63, 3.8) is 0 Å². The van der Waals surface area contributed by atoms with Crippen molar-refractivity contribution >= 4 is 34.0 Å². The van der Waals surface area contributed by atoms with Crippen molar-refractivity contribution in [2.75, 3.05) is 14.2 Å². The molecule has 0 bridgehead atoms. The average Bonchev–Trinajstić information content (AvgIpc) is 2.91. The molecule has 1 aromatic carbocycles. The van der Waals surface area contributed by atoms with Crippen molar-refractivity contribution in [3.8, 4) is 22.1 Å². The van der Waals surface area contributed by atoms with Crippen LogP contribution in [0.3, 0.4) is 0 Å². The van der Waals surface area contributed by atoms with Crippen molar-refractivity contribution in [3.05, 3.63) is 34.8 Å². The van der Waals surface area contributed by atoms with Gasteiger partial charge in [0.25, 0.3) is 0 Å². The Balaban J connectivity index is 2.15. The van der Waals surface area contributed by atoms with Crippen LogP contribution in [0.1, 0.15) is 0 Å². The Hall–Kier alpha value is -1.85. The molecular formula is C14H11ClN2O2S. The number of thiophene rings is 1. The molecule has 0 radical (unpaired) electrons. The lowest BCUT2D eigenvalue weighted by Crippen LogP contribution is -1.93. The van der Waals surface area contributed by atoms with Gasteiger partial charge in [0.15, 0.2) is 11.5 Å². The Labute approximate surface area is 125 Å². The van der Waals surface area contributed by atoms with E-state index in [0.29, 0.717) is 11.5 Å². The monoisotopic (exact) mass is 306 g/mol. The first kappa shape index (κ1) is 13.1. The molecule has 0 fully saturated rings. The molecule has 0 aliphatic heterocycles. The van der Waals surface area contributed by atoms with Crippen LogP contribution >= 0.6 is 22.9 Å². The molecule has 0 aliphatic rings. The zero-order valence-electron chi connectivity index (χ0n) is 10.9. The van der Waals surface area contributed by atoms with E-state index in [2.05, 4.69) is 9.97 Å². The Kier molecular flexibility index (Phi) is 3.46. The smallest absolute Gasteiger partial charge is 0.163 e. The number of rotatable bonds is 3. The molecule has 20 heavy (non-hydrogen) atoms. The minimum atomic E-state index is 0.635. The molecule has 102 valence electrons. The summed E-state index contributed by atoms with van der Waals surface area (Å²) < 4.78 is 11.3. The number of hydrogen-bond acceptors (Lipinski definition) is 5. The van der Waals surface area contributed by atoms with Gasteiger partial charge >= 0.3 is 0 Å². The van der Waals surface area contributed by atoms with Gasteiger partial charge < -0.3 is 9.47 Å². The van der Waals surface area contributed by atoms with E-state index in [4.69, 9.17) is 21.1 Å². The van der Waals surface area contributed by atoms with E-state index in [1.54, 1.807) is 20.4 Å². The van der Waals surface area contributed by atoms with Crippen molar-refractivity contribution in [1.29, 1.82) is 0 Å². The molecule has 0 amide bonds. The van der Waals surface area contributed by atoms with Gasteiger partial charge in [-0.05, 0) is 12.1 Å². The first-order valence-electron chi connectivity index (χ1n) is 5.86. The van der Waals surface area contributed by atoms with Crippen LogP contribution in [0.25, 0.3) is 21.6 Å². The third-order valence-electron chi connectivity index (χ3n) is 2.87. The maximum Gasteiger partial charge on any atom is 0.163 e. The van der Waals surface area contributed by atoms with Crippen LogP contribution in [0.4, 0.5) is 0 Å². The van der Waals surface area contributed by atoms with Gasteiger partial charge in [-0.1, -0.05) is 11.6 Å². The number of halogens is 1. The first-order valence-corrected chi connectivity index (χ1v) is 7.05. The van der Waals surface area contributed by atoms with Crippen LogP contribution in [0.15, 0.2) is 30.5 Å². The van der Waals surface area contributed by atoms with E-state index in [1.165, 1.54) is 11.3 Å². The van der Waals surface area contributed by atoms with E-state index in [9.17, 15) is 0 Å². The largest absolute Gasteiger partial charge is 0.493 e. The molecule has 0 unspecified atom stereocenters. The van der Waals surface area contributed by atoms with Crippen LogP contribution in [0, 0.1) is 0 Å². The Morgan fingerprint density at radius 3 is 2.35 bits per heavy atom. The van der Waals surface area contributed by atoms with Crippen LogP contribution in [0.5, 0.6) is 11.5 Å². The number of hydrogen-bond donors (Lipinski definition) is 0. The Bertz CT molecular complexity index is 773. The minimum absolute atomic E-state index is 0.635. The molecule has 0 spiro atoms. The van der Waals surface area contributed by atoms with Crippen molar-refractivity contribution in [2.24, 2.45) is 0 Å². The van der Waals surface area contributed by atoms with Crippen LogP contribution in [0.2, 0.25) is 4.34 Å². The highest BCUT2D eigenvalue weighted by Crippen LogP contribution is 2.33.